The number of carboxylic acid groups (broad SMARTS) is 1. The Bertz CT molecular complexity index is 396. The molecule has 1 N–H and O–H groups in total. The number of alkyl halides is 2. The number of aliphatic carboxylic acids is 1. The first kappa shape index (κ1) is 13.9. The predicted molar refractivity (Wildman–Crippen MR) is 58.5 cm³/mol. The maximum atomic E-state index is 12.4. The predicted octanol–water partition coefficient (Wildman–Crippen LogP) is 1.84. The Morgan fingerprint density at radius 3 is 2.59 bits per heavy atom. The lowest BCUT2D eigenvalue weighted by atomic mass is 10.2. The highest BCUT2D eigenvalue weighted by Gasteiger charge is 2.18. The van der Waals surface area contributed by atoms with Crippen LogP contribution in [0.4, 0.5) is 8.78 Å². The average molecular weight is 265 g/mol. The molecule has 0 aliphatic heterocycles. The van der Waals surface area contributed by atoms with Crippen molar-refractivity contribution in [2.45, 2.75) is 37.9 Å². The minimum atomic E-state index is -2.52. The normalized spacial score (nSPS) is 11.4. The SMILES string of the molecule is CC(C)c1nnc(SCC(=O)O)n1CC(F)F. The van der Waals surface area contributed by atoms with Crippen molar-refractivity contribution in [1.82, 2.24) is 14.8 Å². The standard InChI is InChI=1S/C9H13F2N3O2S/c1-5(2)8-12-13-9(17-4-7(15)16)14(8)3-6(10)11/h5-6H,3-4H2,1-2H3,(H,15,16). The number of rotatable bonds is 6. The van der Waals surface area contributed by atoms with Crippen molar-refractivity contribution in [3.05, 3.63) is 5.82 Å². The van der Waals surface area contributed by atoms with Gasteiger partial charge in [-0.3, -0.25) is 4.79 Å². The second-order valence-electron chi connectivity index (χ2n) is 3.68. The molecule has 0 radical (unpaired) electrons. The van der Waals surface area contributed by atoms with Crippen LogP contribution in [0, 0.1) is 0 Å². The number of carboxylic acids is 1. The molecule has 5 nitrogen and oxygen atoms in total. The van der Waals surface area contributed by atoms with Crippen LogP contribution in [0.2, 0.25) is 0 Å². The summed E-state index contributed by atoms with van der Waals surface area (Å²) in [4.78, 5) is 10.4. The van der Waals surface area contributed by atoms with Crippen molar-refractivity contribution in [1.29, 1.82) is 0 Å². The smallest absolute Gasteiger partial charge is 0.313 e. The van der Waals surface area contributed by atoms with Gasteiger partial charge in [-0.05, 0) is 0 Å². The van der Waals surface area contributed by atoms with E-state index in [1.807, 2.05) is 13.8 Å². The monoisotopic (exact) mass is 265 g/mol. The van der Waals surface area contributed by atoms with Crippen LogP contribution >= 0.6 is 11.8 Å². The molecule has 0 spiro atoms. The first-order chi connectivity index (χ1) is 7.91. The Labute approximate surface area is 101 Å². The van der Waals surface area contributed by atoms with E-state index in [2.05, 4.69) is 10.2 Å². The van der Waals surface area contributed by atoms with Gasteiger partial charge in [-0.25, -0.2) is 8.78 Å². The lowest BCUT2D eigenvalue weighted by molar-refractivity contribution is -0.133. The van der Waals surface area contributed by atoms with Crippen LogP contribution in [-0.2, 0) is 11.3 Å². The Morgan fingerprint density at radius 1 is 1.47 bits per heavy atom. The van der Waals surface area contributed by atoms with Gasteiger partial charge in [-0.15, -0.1) is 10.2 Å². The van der Waals surface area contributed by atoms with E-state index in [4.69, 9.17) is 5.11 Å². The molecule has 1 aromatic heterocycles. The summed E-state index contributed by atoms with van der Waals surface area (Å²) >= 11 is 0.892. The number of carbonyl (C=O) groups is 1. The molecule has 17 heavy (non-hydrogen) atoms. The number of hydrogen-bond acceptors (Lipinski definition) is 4. The zero-order chi connectivity index (χ0) is 13.0. The minimum absolute atomic E-state index is 0.0413. The molecule has 96 valence electrons. The molecule has 0 amide bonds. The zero-order valence-corrected chi connectivity index (χ0v) is 10.2. The molecule has 0 saturated heterocycles. The summed E-state index contributed by atoms with van der Waals surface area (Å²) in [6.45, 7) is 3.12. The number of thioether (sulfide) groups is 1. The van der Waals surface area contributed by atoms with Gasteiger partial charge in [-0.2, -0.15) is 0 Å². The summed E-state index contributed by atoms with van der Waals surface area (Å²) in [6, 6.07) is 0. The van der Waals surface area contributed by atoms with Crippen molar-refractivity contribution < 1.29 is 18.7 Å². The Hall–Kier alpha value is -1.18. The van der Waals surface area contributed by atoms with Crippen molar-refractivity contribution in [2.24, 2.45) is 0 Å². The molecule has 0 bridgehead atoms. The highest BCUT2D eigenvalue weighted by atomic mass is 32.2. The fourth-order valence-electron chi connectivity index (χ4n) is 1.27. The van der Waals surface area contributed by atoms with Crippen LogP contribution < -0.4 is 0 Å². The summed E-state index contributed by atoms with van der Waals surface area (Å²) in [7, 11) is 0. The third kappa shape index (κ3) is 3.95. The first-order valence-corrected chi connectivity index (χ1v) is 5.96. The molecule has 0 aliphatic rings. The van der Waals surface area contributed by atoms with E-state index >= 15 is 0 Å². The molecule has 0 atom stereocenters. The molecule has 0 fully saturated rings. The van der Waals surface area contributed by atoms with E-state index in [1.165, 1.54) is 4.57 Å². The summed E-state index contributed by atoms with van der Waals surface area (Å²) in [5.74, 6) is -0.842. The third-order valence-corrected chi connectivity index (χ3v) is 2.86. The number of hydrogen-bond donors (Lipinski definition) is 1. The van der Waals surface area contributed by atoms with Gasteiger partial charge >= 0.3 is 5.97 Å². The molecule has 0 aromatic carbocycles. The van der Waals surface area contributed by atoms with Gasteiger partial charge in [0.2, 0.25) is 0 Å². The van der Waals surface area contributed by atoms with E-state index in [1.54, 1.807) is 0 Å². The summed E-state index contributed by atoms with van der Waals surface area (Å²) in [5, 5.41) is 16.3. The van der Waals surface area contributed by atoms with Crippen molar-refractivity contribution >= 4 is 17.7 Å². The largest absolute Gasteiger partial charge is 0.481 e. The van der Waals surface area contributed by atoms with Gasteiger partial charge in [0.05, 0.1) is 12.3 Å². The van der Waals surface area contributed by atoms with Crippen molar-refractivity contribution in [3.8, 4) is 0 Å². The van der Waals surface area contributed by atoms with Crippen LogP contribution in [0.15, 0.2) is 5.16 Å². The topological polar surface area (TPSA) is 68.0 Å². The second kappa shape index (κ2) is 5.95. The van der Waals surface area contributed by atoms with Gasteiger partial charge in [0, 0.05) is 5.92 Å². The lowest BCUT2D eigenvalue weighted by Crippen LogP contribution is -2.13. The molecular weight excluding hydrogens is 252 g/mol. The molecule has 8 heteroatoms. The fraction of sp³-hybridized carbons (Fsp3) is 0.667. The Balaban J connectivity index is 2.91. The lowest BCUT2D eigenvalue weighted by Gasteiger charge is -2.10. The van der Waals surface area contributed by atoms with Gasteiger partial charge in [0.15, 0.2) is 5.16 Å². The fourth-order valence-corrected chi connectivity index (χ4v) is 1.94. The highest BCUT2D eigenvalue weighted by molar-refractivity contribution is 7.99. The molecule has 1 heterocycles. The molecule has 0 aliphatic carbocycles. The zero-order valence-electron chi connectivity index (χ0n) is 9.43. The second-order valence-corrected chi connectivity index (χ2v) is 4.62. The number of nitrogens with zero attached hydrogens (tertiary/aromatic N) is 3. The van der Waals surface area contributed by atoms with Gasteiger partial charge < -0.3 is 9.67 Å². The average Bonchev–Trinajstić information content (AvgIpc) is 2.57. The summed E-state index contributed by atoms with van der Waals surface area (Å²) in [6.07, 6.45) is -2.52. The van der Waals surface area contributed by atoms with Crippen molar-refractivity contribution in [3.63, 3.8) is 0 Å². The number of aromatic nitrogens is 3. The molecule has 1 rings (SSSR count). The Morgan fingerprint density at radius 2 is 2.12 bits per heavy atom. The maximum Gasteiger partial charge on any atom is 0.313 e. The van der Waals surface area contributed by atoms with E-state index in [0.29, 0.717) is 5.82 Å². The van der Waals surface area contributed by atoms with Crippen LogP contribution in [0.3, 0.4) is 0 Å². The van der Waals surface area contributed by atoms with Crippen molar-refractivity contribution in [2.75, 3.05) is 5.75 Å². The van der Waals surface area contributed by atoms with Gasteiger partial charge in [-0.1, -0.05) is 25.6 Å². The van der Waals surface area contributed by atoms with E-state index in [-0.39, 0.29) is 16.8 Å². The van der Waals surface area contributed by atoms with Crippen LogP contribution in [-0.4, -0.2) is 38.0 Å². The van der Waals surface area contributed by atoms with E-state index in [9.17, 15) is 13.6 Å². The van der Waals surface area contributed by atoms with E-state index in [0.717, 1.165) is 11.8 Å². The maximum absolute atomic E-state index is 12.4. The van der Waals surface area contributed by atoms with Crippen LogP contribution in [0.5, 0.6) is 0 Å². The van der Waals surface area contributed by atoms with Crippen LogP contribution in [0.1, 0.15) is 25.6 Å². The highest BCUT2D eigenvalue weighted by Crippen LogP contribution is 2.22. The summed E-state index contributed by atoms with van der Waals surface area (Å²) in [5.41, 5.74) is 0. The third-order valence-electron chi connectivity index (χ3n) is 1.91. The van der Waals surface area contributed by atoms with Crippen LogP contribution in [0.25, 0.3) is 0 Å². The molecule has 1 aromatic rings. The number of halogens is 2. The summed E-state index contributed by atoms with van der Waals surface area (Å²) < 4.78 is 26.1. The van der Waals surface area contributed by atoms with E-state index < -0.39 is 18.9 Å². The van der Waals surface area contributed by atoms with Gasteiger partial charge in [0.1, 0.15) is 5.82 Å². The molecular formula is C9H13F2N3O2S. The quantitative estimate of drug-likeness (QED) is 0.795. The minimum Gasteiger partial charge on any atom is -0.481 e. The Kier molecular flexibility index (Phi) is 4.86. The molecule has 0 saturated carbocycles. The van der Waals surface area contributed by atoms with Gasteiger partial charge in [0.25, 0.3) is 6.43 Å². The first-order valence-electron chi connectivity index (χ1n) is 4.97. The molecule has 0 unspecified atom stereocenters.